The molecule has 0 spiro atoms. The predicted octanol–water partition coefficient (Wildman–Crippen LogP) is 6.13. The maximum absolute atomic E-state index is 6.38. The average Bonchev–Trinajstić information content (AvgIpc) is 2.32. The van der Waals surface area contributed by atoms with E-state index in [0.29, 0.717) is 0 Å². The Morgan fingerprint density at radius 2 is 1.42 bits per heavy atom. The van der Waals surface area contributed by atoms with Crippen LogP contribution in [0.5, 0.6) is 5.75 Å². The van der Waals surface area contributed by atoms with Crippen molar-refractivity contribution in [2.24, 2.45) is 4.99 Å². The van der Waals surface area contributed by atoms with E-state index in [1.54, 1.807) is 0 Å². The molecule has 24 heavy (non-hydrogen) atoms. The van der Waals surface area contributed by atoms with Crippen molar-refractivity contribution >= 4 is 20.7 Å². The second-order valence-electron chi connectivity index (χ2n) is 10.0. The van der Waals surface area contributed by atoms with Gasteiger partial charge in [0.05, 0.1) is 11.3 Å². The molecule has 0 atom stereocenters. The summed E-state index contributed by atoms with van der Waals surface area (Å²) in [6.45, 7) is 19.9. The van der Waals surface area contributed by atoms with Gasteiger partial charge in [-0.1, -0.05) is 59.2 Å². The van der Waals surface area contributed by atoms with E-state index in [4.69, 9.17) is 8.78 Å². The van der Waals surface area contributed by atoms with E-state index in [1.807, 2.05) is 6.21 Å². The Bertz CT molecular complexity index is 596. The molecular weight excluding hydrogens is 309 g/mol. The van der Waals surface area contributed by atoms with Crippen molar-refractivity contribution in [1.82, 2.24) is 0 Å². The van der Waals surface area contributed by atoms with Crippen LogP contribution in [0, 0.1) is 0 Å². The minimum Gasteiger partial charge on any atom is -0.642 e. The lowest BCUT2D eigenvalue weighted by molar-refractivity contribution is 0.513. The highest BCUT2D eigenvalue weighted by Crippen LogP contribution is 2.38. The molecule has 0 aromatic heterocycles. The number of rotatable bonds is 3. The molecule has 0 N–H and O–H groups in total. The first kappa shape index (κ1) is 21.3. The fourth-order valence-corrected chi connectivity index (χ4v) is 3.10. The molecule has 0 radical (unpaired) electrons. The van der Waals surface area contributed by atoms with Gasteiger partial charge in [0.25, 0.3) is 0 Å². The second-order valence-corrected chi connectivity index (χ2v) is 12.4. The molecule has 1 rings (SSSR count). The summed E-state index contributed by atoms with van der Waals surface area (Å²) in [4.78, 5) is 4.75. The Labute approximate surface area is 154 Å². The number of aliphatic imine (C=N–C) groups is 1. The Morgan fingerprint density at radius 1 is 0.875 bits per heavy atom. The van der Waals surface area contributed by atoms with Gasteiger partial charge >= 0.3 is 14.5 Å². The standard InChI is InChI=1S/C19H31NO.2CH3.Al/c1-17(2,3)14-10-13(12-20-19(7,8)9)16(21)15(11-14)18(4,5)6;;;/h10-12,21H,1-9H3;2*1H3;/q;;;+1/p-1. The van der Waals surface area contributed by atoms with Crippen molar-refractivity contribution in [2.45, 2.75) is 90.3 Å². The monoisotopic (exact) mass is 345 g/mol. The van der Waals surface area contributed by atoms with E-state index in [9.17, 15) is 0 Å². The molecule has 134 valence electrons. The van der Waals surface area contributed by atoms with E-state index in [1.165, 1.54) is 11.1 Å². The van der Waals surface area contributed by atoms with Gasteiger partial charge in [0, 0.05) is 11.8 Å². The molecular formula is C21H36AlNO. The van der Waals surface area contributed by atoms with Gasteiger partial charge in [0.1, 0.15) is 0 Å². The summed E-state index contributed by atoms with van der Waals surface area (Å²) in [7, 11) is 0. The van der Waals surface area contributed by atoms with Gasteiger partial charge in [0.2, 0.25) is 0 Å². The van der Waals surface area contributed by atoms with Crippen LogP contribution in [0.25, 0.3) is 0 Å². The minimum absolute atomic E-state index is 0.0320. The maximum atomic E-state index is 6.38. The Balaban J connectivity index is 3.70. The van der Waals surface area contributed by atoms with Gasteiger partial charge < -0.3 is 3.79 Å². The van der Waals surface area contributed by atoms with Gasteiger partial charge in [0.15, 0.2) is 0 Å². The summed E-state index contributed by atoms with van der Waals surface area (Å²) in [6, 6.07) is 4.59. The third-order valence-electron chi connectivity index (χ3n) is 3.74. The highest BCUT2D eigenvalue weighted by atomic mass is 27.2. The van der Waals surface area contributed by atoms with Gasteiger partial charge in [-0.25, -0.2) is 0 Å². The predicted molar refractivity (Wildman–Crippen MR) is 109 cm³/mol. The van der Waals surface area contributed by atoms with Crippen LogP contribution >= 0.6 is 0 Å². The summed E-state index contributed by atoms with van der Waals surface area (Å²) in [6.07, 6.45) is 2.01. The minimum atomic E-state index is -1.21. The molecule has 0 bridgehead atoms. The average molecular weight is 346 g/mol. The van der Waals surface area contributed by atoms with E-state index < -0.39 is 14.5 Å². The quantitative estimate of drug-likeness (QED) is 0.477. The van der Waals surface area contributed by atoms with Crippen molar-refractivity contribution in [3.63, 3.8) is 0 Å². The van der Waals surface area contributed by atoms with Crippen LogP contribution in [0.1, 0.15) is 79.0 Å². The van der Waals surface area contributed by atoms with Crippen molar-refractivity contribution in [2.75, 3.05) is 0 Å². The molecule has 0 aliphatic rings. The number of nitrogens with zero attached hydrogens (tertiary/aromatic N) is 1. The smallest absolute Gasteiger partial charge is 0.540 e. The molecule has 0 saturated carbocycles. The van der Waals surface area contributed by atoms with Crippen LogP contribution in [0.4, 0.5) is 0 Å². The Morgan fingerprint density at radius 3 is 1.79 bits per heavy atom. The van der Waals surface area contributed by atoms with E-state index in [-0.39, 0.29) is 16.4 Å². The zero-order valence-electron chi connectivity index (χ0n) is 17.7. The second kappa shape index (κ2) is 7.22. The molecule has 0 amide bonds. The van der Waals surface area contributed by atoms with Crippen LogP contribution in [-0.2, 0) is 10.8 Å². The highest BCUT2D eigenvalue weighted by Gasteiger charge is 2.26. The van der Waals surface area contributed by atoms with Crippen molar-refractivity contribution in [1.29, 1.82) is 0 Å². The van der Waals surface area contributed by atoms with E-state index in [0.717, 1.165) is 11.3 Å². The van der Waals surface area contributed by atoms with Crippen LogP contribution in [0.2, 0.25) is 11.6 Å². The maximum Gasteiger partial charge on any atom is 0.540 e. The Hall–Kier alpha value is -0.778. The van der Waals surface area contributed by atoms with Gasteiger partial charge in [-0.2, -0.15) is 0 Å². The van der Waals surface area contributed by atoms with Crippen LogP contribution in [-0.4, -0.2) is 26.2 Å². The lowest BCUT2D eigenvalue weighted by Crippen LogP contribution is -2.22. The number of benzene rings is 1. The number of hydrogen-bond donors (Lipinski definition) is 0. The van der Waals surface area contributed by atoms with Gasteiger partial charge in [-0.05, 0) is 48.8 Å². The third kappa shape index (κ3) is 6.26. The first-order chi connectivity index (χ1) is 10.6. The van der Waals surface area contributed by atoms with Crippen LogP contribution < -0.4 is 3.79 Å². The molecule has 2 nitrogen and oxygen atoms in total. The lowest BCUT2D eigenvalue weighted by Gasteiger charge is -2.30. The fourth-order valence-electron chi connectivity index (χ4n) is 2.37. The topological polar surface area (TPSA) is 21.6 Å². The van der Waals surface area contributed by atoms with Crippen LogP contribution in [0.15, 0.2) is 17.1 Å². The summed E-state index contributed by atoms with van der Waals surface area (Å²) >= 11 is -1.21. The van der Waals surface area contributed by atoms with Gasteiger partial charge in [-0.15, -0.1) is 0 Å². The molecule has 0 aliphatic carbocycles. The SMILES string of the molecule is [CH3][Al]([CH3])[O]c1c(C=NC(C)(C)C)cc(C(C)(C)C)cc1C(C)(C)C. The van der Waals surface area contributed by atoms with Crippen molar-refractivity contribution < 1.29 is 3.79 Å². The first-order valence-corrected chi connectivity index (χ1v) is 11.8. The highest BCUT2D eigenvalue weighted by molar-refractivity contribution is 6.49. The van der Waals surface area contributed by atoms with Crippen molar-refractivity contribution in [3.8, 4) is 5.75 Å². The lowest BCUT2D eigenvalue weighted by atomic mass is 9.79. The van der Waals surface area contributed by atoms with E-state index >= 15 is 0 Å². The molecule has 1 aromatic carbocycles. The van der Waals surface area contributed by atoms with Crippen LogP contribution in [0.3, 0.4) is 0 Å². The number of hydrogen-bond acceptors (Lipinski definition) is 2. The molecule has 3 heteroatoms. The zero-order chi connectivity index (χ0) is 18.9. The summed E-state index contributed by atoms with van der Waals surface area (Å²) in [5, 5.41) is 0. The molecule has 0 saturated heterocycles. The summed E-state index contributed by atoms with van der Waals surface area (Å²) in [5.74, 6) is 5.47. The molecule has 0 fully saturated rings. The molecule has 0 aliphatic heterocycles. The summed E-state index contributed by atoms with van der Waals surface area (Å²) < 4.78 is 6.38. The first-order valence-electron chi connectivity index (χ1n) is 9.02. The fraction of sp³-hybridized carbons (Fsp3) is 0.667. The third-order valence-corrected chi connectivity index (χ3v) is 4.44. The Kier molecular flexibility index (Phi) is 6.40. The zero-order valence-corrected chi connectivity index (χ0v) is 18.8. The van der Waals surface area contributed by atoms with E-state index in [2.05, 4.69) is 86.0 Å². The molecule has 1 aromatic rings. The normalized spacial score (nSPS) is 13.5. The summed E-state index contributed by atoms with van der Waals surface area (Å²) in [5.41, 5.74) is 3.77. The molecule has 0 unspecified atom stereocenters. The largest absolute Gasteiger partial charge is 0.642 e. The van der Waals surface area contributed by atoms with Crippen molar-refractivity contribution in [3.05, 3.63) is 28.8 Å². The van der Waals surface area contributed by atoms with Gasteiger partial charge in [-0.3, -0.25) is 4.99 Å². The molecule has 0 heterocycles.